The van der Waals surface area contributed by atoms with Gasteiger partial charge in [0, 0.05) is 16.5 Å². The zero-order chi connectivity index (χ0) is 17.1. The zero-order valence-corrected chi connectivity index (χ0v) is 15.7. The minimum atomic E-state index is -2.78. The molecule has 0 bridgehead atoms. The molecule has 0 amide bonds. The summed E-state index contributed by atoms with van der Waals surface area (Å²) in [5.74, 6) is 0.344. The molecule has 0 saturated carbocycles. The van der Waals surface area contributed by atoms with E-state index in [1.165, 1.54) is 5.56 Å². The van der Waals surface area contributed by atoms with Crippen LogP contribution in [0.5, 0.6) is 0 Å². The monoisotopic (exact) mass is 329 g/mol. The van der Waals surface area contributed by atoms with Crippen LogP contribution in [0.15, 0.2) is 60.7 Å². The first-order valence-electron chi connectivity index (χ1n) is 8.24. The van der Waals surface area contributed by atoms with E-state index in [9.17, 15) is 4.57 Å². The molecular formula is C20H28NOP. The second-order valence-electron chi connectivity index (χ2n) is 7.38. The van der Waals surface area contributed by atoms with E-state index in [0.29, 0.717) is 5.92 Å². The summed E-state index contributed by atoms with van der Waals surface area (Å²) in [5, 5.41) is 4.10. The van der Waals surface area contributed by atoms with Crippen molar-refractivity contribution in [3.63, 3.8) is 0 Å². The normalized spacial score (nSPS) is 16.1. The van der Waals surface area contributed by atoms with Crippen LogP contribution in [0.2, 0.25) is 0 Å². The van der Waals surface area contributed by atoms with Crippen molar-refractivity contribution in [1.82, 2.24) is 5.09 Å². The highest BCUT2D eigenvalue weighted by Crippen LogP contribution is 2.55. The van der Waals surface area contributed by atoms with Crippen LogP contribution >= 0.6 is 7.29 Å². The summed E-state index contributed by atoms with van der Waals surface area (Å²) >= 11 is 0. The lowest BCUT2D eigenvalue weighted by atomic mass is 9.97. The lowest BCUT2D eigenvalue weighted by Gasteiger charge is -2.37. The minimum absolute atomic E-state index is 0.0569. The van der Waals surface area contributed by atoms with Crippen molar-refractivity contribution in [1.29, 1.82) is 0 Å². The molecule has 1 N–H and O–H groups in total. The lowest BCUT2D eigenvalue weighted by molar-refractivity contribution is 0.455. The van der Waals surface area contributed by atoms with Gasteiger partial charge >= 0.3 is 0 Å². The van der Waals surface area contributed by atoms with Gasteiger partial charge < -0.3 is 4.57 Å². The van der Waals surface area contributed by atoms with E-state index in [0.717, 1.165) is 5.30 Å². The lowest BCUT2D eigenvalue weighted by Crippen LogP contribution is -2.36. The maximum Gasteiger partial charge on any atom is 0.181 e. The Morgan fingerprint density at radius 1 is 0.870 bits per heavy atom. The Labute approximate surface area is 140 Å². The molecule has 23 heavy (non-hydrogen) atoms. The highest BCUT2D eigenvalue weighted by atomic mass is 31.2. The predicted octanol–water partition coefficient (Wildman–Crippen LogP) is 5.38. The fourth-order valence-electron chi connectivity index (χ4n) is 2.76. The molecule has 0 saturated heterocycles. The molecule has 0 spiro atoms. The van der Waals surface area contributed by atoms with E-state index >= 15 is 0 Å². The van der Waals surface area contributed by atoms with E-state index in [-0.39, 0.29) is 11.2 Å². The quantitative estimate of drug-likeness (QED) is 0.747. The van der Waals surface area contributed by atoms with Crippen molar-refractivity contribution < 1.29 is 4.57 Å². The zero-order valence-electron chi connectivity index (χ0n) is 14.8. The van der Waals surface area contributed by atoms with E-state index in [1.807, 2.05) is 48.5 Å². The molecule has 2 nitrogen and oxygen atoms in total. The molecule has 0 aromatic heterocycles. The van der Waals surface area contributed by atoms with Crippen LogP contribution < -0.4 is 10.4 Å². The van der Waals surface area contributed by atoms with Crippen LogP contribution in [0.25, 0.3) is 0 Å². The molecule has 0 radical (unpaired) electrons. The summed E-state index contributed by atoms with van der Waals surface area (Å²) in [6, 6.07) is 20.2. The number of rotatable bonds is 5. The third-order valence-corrected chi connectivity index (χ3v) is 7.77. The fourth-order valence-corrected chi connectivity index (χ4v) is 5.50. The molecule has 0 fully saturated rings. The molecule has 0 aliphatic rings. The highest BCUT2D eigenvalue weighted by molar-refractivity contribution is 7.71. The van der Waals surface area contributed by atoms with Crippen LogP contribution in [-0.4, -0.2) is 5.16 Å². The SMILES string of the molecule is CC(C)[C@@H](NP(=O)(c1ccccc1)C(C)(C)C)c1ccccc1. The van der Waals surface area contributed by atoms with Crippen LogP contribution in [-0.2, 0) is 4.57 Å². The topological polar surface area (TPSA) is 29.1 Å². The van der Waals surface area contributed by atoms with E-state index in [2.05, 4.69) is 51.8 Å². The average molecular weight is 329 g/mol. The first kappa shape index (κ1) is 18.0. The summed E-state index contributed by atoms with van der Waals surface area (Å²) in [7, 11) is -2.78. The summed E-state index contributed by atoms with van der Waals surface area (Å²) < 4.78 is 14.0. The molecule has 2 rings (SSSR count). The van der Waals surface area contributed by atoms with Gasteiger partial charge in [-0.2, -0.15) is 0 Å². The Morgan fingerprint density at radius 2 is 1.35 bits per heavy atom. The van der Waals surface area contributed by atoms with Crippen molar-refractivity contribution in [2.45, 2.75) is 45.8 Å². The maximum absolute atomic E-state index is 14.0. The number of hydrogen-bond acceptors (Lipinski definition) is 1. The van der Waals surface area contributed by atoms with E-state index in [4.69, 9.17) is 0 Å². The Balaban J connectivity index is 2.47. The smallest absolute Gasteiger partial charge is 0.181 e. The van der Waals surface area contributed by atoms with Gasteiger partial charge in [-0.3, -0.25) is 5.09 Å². The van der Waals surface area contributed by atoms with E-state index < -0.39 is 7.29 Å². The maximum atomic E-state index is 14.0. The van der Waals surface area contributed by atoms with Gasteiger partial charge in [0.05, 0.1) is 0 Å². The summed E-state index contributed by atoms with van der Waals surface area (Å²) in [5.41, 5.74) is 1.18. The fraction of sp³-hybridized carbons (Fsp3) is 0.400. The molecule has 1 unspecified atom stereocenters. The van der Waals surface area contributed by atoms with Gasteiger partial charge in [0.1, 0.15) is 0 Å². The van der Waals surface area contributed by atoms with Gasteiger partial charge in [-0.15, -0.1) is 0 Å². The van der Waals surface area contributed by atoms with Crippen molar-refractivity contribution in [3.05, 3.63) is 66.2 Å². The van der Waals surface area contributed by atoms with Gasteiger partial charge in [-0.1, -0.05) is 95.3 Å². The first-order valence-corrected chi connectivity index (χ1v) is 9.95. The van der Waals surface area contributed by atoms with Crippen LogP contribution in [0, 0.1) is 5.92 Å². The second kappa shape index (κ2) is 7.03. The van der Waals surface area contributed by atoms with Gasteiger partial charge in [0.15, 0.2) is 7.29 Å². The van der Waals surface area contributed by atoms with Crippen LogP contribution in [0.3, 0.4) is 0 Å². The molecule has 2 atom stereocenters. The van der Waals surface area contributed by atoms with Crippen molar-refractivity contribution in [3.8, 4) is 0 Å². The number of benzene rings is 2. The second-order valence-corrected chi connectivity index (χ2v) is 10.7. The average Bonchev–Trinajstić information content (AvgIpc) is 2.52. The molecule has 0 aliphatic heterocycles. The molecule has 3 heteroatoms. The van der Waals surface area contributed by atoms with Crippen molar-refractivity contribution in [2.24, 2.45) is 5.92 Å². The van der Waals surface area contributed by atoms with Gasteiger partial charge in [-0.05, 0) is 11.5 Å². The summed E-state index contributed by atoms with van der Waals surface area (Å²) in [4.78, 5) is 0. The van der Waals surface area contributed by atoms with Gasteiger partial charge in [-0.25, -0.2) is 0 Å². The molecular weight excluding hydrogens is 301 g/mol. The standard InChI is InChI=1S/C20H28NOP/c1-16(2)19(17-12-8-6-9-13-17)21-23(22,20(3,4)5)18-14-10-7-11-15-18/h6-16,19H,1-5H3,(H,21,22)/t19-,23?/m1/s1. The molecule has 2 aromatic rings. The third kappa shape index (κ3) is 3.94. The predicted molar refractivity (Wildman–Crippen MR) is 101 cm³/mol. The summed E-state index contributed by atoms with van der Waals surface area (Å²) in [6.07, 6.45) is 0. The van der Waals surface area contributed by atoms with Gasteiger partial charge in [0.2, 0.25) is 0 Å². The van der Waals surface area contributed by atoms with E-state index in [1.54, 1.807) is 0 Å². The Morgan fingerprint density at radius 3 is 1.78 bits per heavy atom. The Bertz CT molecular complexity index is 659. The first-order chi connectivity index (χ1) is 10.8. The van der Waals surface area contributed by atoms with Crippen molar-refractivity contribution in [2.75, 3.05) is 0 Å². The number of hydrogen-bond donors (Lipinski definition) is 1. The molecule has 124 valence electrons. The largest absolute Gasteiger partial charge is 0.301 e. The van der Waals surface area contributed by atoms with Gasteiger partial charge in [0.25, 0.3) is 0 Å². The van der Waals surface area contributed by atoms with Crippen LogP contribution in [0.1, 0.15) is 46.2 Å². The third-order valence-electron chi connectivity index (χ3n) is 4.21. The molecule has 0 aliphatic carbocycles. The summed E-state index contributed by atoms with van der Waals surface area (Å²) in [6.45, 7) is 10.5. The van der Waals surface area contributed by atoms with Crippen LogP contribution in [0.4, 0.5) is 0 Å². The Hall–Kier alpha value is -1.37. The highest BCUT2D eigenvalue weighted by Gasteiger charge is 2.40. The minimum Gasteiger partial charge on any atom is -0.301 e. The molecule has 2 aromatic carbocycles. The number of nitrogens with one attached hydrogen (secondary N) is 1. The molecule has 0 heterocycles. The van der Waals surface area contributed by atoms with Crippen molar-refractivity contribution >= 4 is 12.6 Å². The Kier molecular flexibility index (Phi) is 5.49.